The molecule has 0 radical (unpaired) electrons. The maximum absolute atomic E-state index is 12.8. The number of aromatic nitrogens is 5. The Morgan fingerprint density at radius 2 is 1.86 bits per heavy atom. The first-order valence-electron chi connectivity index (χ1n) is 12.2. The molecule has 1 aliphatic rings. The van der Waals surface area contributed by atoms with E-state index >= 15 is 0 Å². The number of aromatic amines is 2. The summed E-state index contributed by atoms with van der Waals surface area (Å²) < 4.78 is 0. The molecule has 2 amide bonds. The Morgan fingerprint density at radius 3 is 2.68 bits per heavy atom. The van der Waals surface area contributed by atoms with E-state index in [2.05, 4.69) is 42.4 Å². The molecule has 0 saturated carbocycles. The lowest BCUT2D eigenvalue weighted by Gasteiger charge is -2.28. The standard InChI is InChI=1S/C27H26N8O2/c1-35-7-5-15(6-8-35)27(37)31-18-9-16(12-29-14-18)17-10-21-24(33-34-26(21)30-13-17)23-11-20-19(25(28)36)3-2-4-22(20)32-23/h2-4,9-15,32H,5-8H2,1H3,(H2,28,36)(H,31,37)(H,30,33,34). The molecule has 0 spiro atoms. The average Bonchev–Trinajstić information content (AvgIpc) is 3.52. The van der Waals surface area contributed by atoms with Crippen LogP contribution in [0.15, 0.2) is 55.0 Å². The number of pyridine rings is 2. The summed E-state index contributed by atoms with van der Waals surface area (Å²) in [6.45, 7) is 1.85. The Morgan fingerprint density at radius 1 is 1.05 bits per heavy atom. The molecule has 1 fully saturated rings. The van der Waals surface area contributed by atoms with Gasteiger partial charge >= 0.3 is 0 Å². The number of likely N-dealkylation sites (tertiary alicyclic amines) is 1. The normalized spacial score (nSPS) is 14.8. The van der Waals surface area contributed by atoms with Crippen LogP contribution in [-0.2, 0) is 4.79 Å². The van der Waals surface area contributed by atoms with Crippen molar-refractivity contribution in [3.05, 3.63) is 60.6 Å². The van der Waals surface area contributed by atoms with Gasteiger partial charge in [0.25, 0.3) is 0 Å². The number of nitrogens with zero attached hydrogens (tertiary/aromatic N) is 4. The Hall–Kier alpha value is -4.57. The molecule has 0 aliphatic carbocycles. The minimum Gasteiger partial charge on any atom is -0.366 e. The maximum atomic E-state index is 12.8. The SMILES string of the molecule is CN1CCC(C(=O)Nc2cncc(-c3cnc4n[nH]c(-c5cc6c(C(N)=O)cccc6[nH]5)c4c3)c2)CC1. The minimum atomic E-state index is -0.482. The molecule has 186 valence electrons. The molecule has 0 unspecified atom stereocenters. The predicted octanol–water partition coefficient (Wildman–Crippen LogP) is 3.55. The first kappa shape index (κ1) is 22.9. The monoisotopic (exact) mass is 494 g/mol. The number of H-pyrrole nitrogens is 2. The lowest BCUT2D eigenvalue weighted by atomic mass is 9.96. The average molecular weight is 495 g/mol. The molecule has 5 heterocycles. The molecule has 4 aromatic heterocycles. The second-order valence-electron chi connectivity index (χ2n) is 9.54. The third-order valence-electron chi connectivity index (χ3n) is 7.04. The summed E-state index contributed by atoms with van der Waals surface area (Å²) in [5.74, 6) is -0.436. The number of primary amides is 1. The number of hydrogen-bond donors (Lipinski definition) is 4. The number of benzene rings is 1. The van der Waals surface area contributed by atoms with Crippen LogP contribution in [0.5, 0.6) is 0 Å². The van der Waals surface area contributed by atoms with Crippen LogP contribution in [0.1, 0.15) is 23.2 Å². The number of carbonyl (C=O) groups excluding carboxylic acids is 2. The lowest BCUT2D eigenvalue weighted by molar-refractivity contribution is -0.121. The van der Waals surface area contributed by atoms with Crippen molar-refractivity contribution in [3.63, 3.8) is 0 Å². The van der Waals surface area contributed by atoms with Crippen molar-refractivity contribution < 1.29 is 9.59 Å². The fraction of sp³-hybridized carbons (Fsp3) is 0.222. The minimum absolute atomic E-state index is 0.0118. The van der Waals surface area contributed by atoms with Gasteiger partial charge in [-0.3, -0.25) is 19.7 Å². The zero-order chi connectivity index (χ0) is 25.5. The summed E-state index contributed by atoms with van der Waals surface area (Å²) in [6, 6.07) is 11.2. The van der Waals surface area contributed by atoms with Crippen molar-refractivity contribution in [2.45, 2.75) is 12.8 Å². The molecule has 6 rings (SSSR count). The first-order valence-corrected chi connectivity index (χ1v) is 12.2. The number of amides is 2. The van der Waals surface area contributed by atoms with Crippen molar-refractivity contribution in [2.75, 3.05) is 25.5 Å². The van der Waals surface area contributed by atoms with Crippen LogP contribution in [0.3, 0.4) is 0 Å². The van der Waals surface area contributed by atoms with Gasteiger partial charge in [0.1, 0.15) is 0 Å². The van der Waals surface area contributed by atoms with E-state index in [1.165, 1.54) is 0 Å². The van der Waals surface area contributed by atoms with Crippen molar-refractivity contribution >= 4 is 39.4 Å². The Balaban J connectivity index is 1.31. The number of hydrogen-bond acceptors (Lipinski definition) is 6. The molecule has 0 bridgehead atoms. The van der Waals surface area contributed by atoms with Gasteiger partial charge in [0.15, 0.2) is 5.65 Å². The highest BCUT2D eigenvalue weighted by atomic mass is 16.2. The van der Waals surface area contributed by atoms with Crippen molar-refractivity contribution in [1.29, 1.82) is 0 Å². The Kier molecular flexibility index (Phi) is 5.65. The molecule has 1 saturated heterocycles. The van der Waals surface area contributed by atoms with Crippen LogP contribution >= 0.6 is 0 Å². The van der Waals surface area contributed by atoms with Crippen LogP contribution < -0.4 is 11.1 Å². The van der Waals surface area contributed by atoms with E-state index in [0.29, 0.717) is 16.9 Å². The predicted molar refractivity (Wildman–Crippen MR) is 142 cm³/mol. The van der Waals surface area contributed by atoms with Crippen LogP contribution in [-0.4, -0.2) is 62.0 Å². The first-order chi connectivity index (χ1) is 18.0. The zero-order valence-electron chi connectivity index (χ0n) is 20.3. The van der Waals surface area contributed by atoms with Gasteiger partial charge in [-0.25, -0.2) is 4.98 Å². The molecule has 37 heavy (non-hydrogen) atoms. The van der Waals surface area contributed by atoms with Gasteiger partial charge < -0.3 is 20.9 Å². The molecule has 5 N–H and O–H groups in total. The van der Waals surface area contributed by atoms with E-state index < -0.39 is 5.91 Å². The highest BCUT2D eigenvalue weighted by Crippen LogP contribution is 2.32. The smallest absolute Gasteiger partial charge is 0.249 e. The van der Waals surface area contributed by atoms with Gasteiger partial charge in [0.05, 0.1) is 23.3 Å². The highest BCUT2D eigenvalue weighted by Gasteiger charge is 2.23. The maximum Gasteiger partial charge on any atom is 0.249 e. The number of carbonyl (C=O) groups is 2. The molecule has 10 nitrogen and oxygen atoms in total. The number of nitrogens with one attached hydrogen (secondary N) is 3. The van der Waals surface area contributed by atoms with E-state index in [0.717, 1.165) is 64.7 Å². The van der Waals surface area contributed by atoms with Gasteiger partial charge in [-0.15, -0.1) is 0 Å². The molecular weight excluding hydrogens is 468 g/mol. The molecule has 1 aliphatic heterocycles. The third-order valence-corrected chi connectivity index (χ3v) is 7.04. The van der Waals surface area contributed by atoms with Crippen molar-refractivity contribution in [2.24, 2.45) is 11.7 Å². The fourth-order valence-corrected chi connectivity index (χ4v) is 4.95. The van der Waals surface area contributed by atoms with E-state index in [-0.39, 0.29) is 11.8 Å². The largest absolute Gasteiger partial charge is 0.366 e. The van der Waals surface area contributed by atoms with Crippen molar-refractivity contribution in [3.8, 4) is 22.5 Å². The summed E-state index contributed by atoms with van der Waals surface area (Å²) in [7, 11) is 2.08. The summed E-state index contributed by atoms with van der Waals surface area (Å²) in [4.78, 5) is 39.1. The van der Waals surface area contributed by atoms with E-state index in [1.54, 1.807) is 30.7 Å². The van der Waals surface area contributed by atoms with E-state index in [4.69, 9.17) is 5.73 Å². The number of fused-ring (bicyclic) bond motifs is 2. The van der Waals surface area contributed by atoms with Gasteiger partial charge in [0, 0.05) is 51.3 Å². The lowest BCUT2D eigenvalue weighted by Crippen LogP contribution is -2.35. The fourth-order valence-electron chi connectivity index (χ4n) is 4.95. The van der Waals surface area contributed by atoms with Crippen LogP contribution in [0.25, 0.3) is 44.5 Å². The topological polar surface area (TPSA) is 146 Å². The summed E-state index contributed by atoms with van der Waals surface area (Å²) in [5, 5.41) is 12.0. The summed E-state index contributed by atoms with van der Waals surface area (Å²) in [5.41, 5.74) is 11.2. The quantitative estimate of drug-likeness (QED) is 0.294. The molecule has 0 atom stereocenters. The van der Waals surface area contributed by atoms with Crippen LogP contribution in [0.4, 0.5) is 5.69 Å². The number of anilines is 1. The van der Waals surface area contributed by atoms with E-state index in [9.17, 15) is 9.59 Å². The van der Waals surface area contributed by atoms with Gasteiger partial charge in [-0.2, -0.15) is 5.10 Å². The van der Waals surface area contributed by atoms with Gasteiger partial charge in [-0.05, 0) is 63.3 Å². The number of rotatable bonds is 5. The summed E-state index contributed by atoms with van der Waals surface area (Å²) >= 11 is 0. The zero-order valence-corrected chi connectivity index (χ0v) is 20.3. The molecule has 5 aromatic rings. The second kappa shape index (κ2) is 9.14. The number of nitrogens with two attached hydrogens (primary N) is 1. The van der Waals surface area contributed by atoms with Gasteiger partial charge in [-0.1, -0.05) is 6.07 Å². The summed E-state index contributed by atoms with van der Waals surface area (Å²) in [6.07, 6.45) is 6.85. The molecule has 10 heteroatoms. The molecule has 1 aromatic carbocycles. The third kappa shape index (κ3) is 4.31. The Bertz CT molecular complexity index is 1650. The van der Waals surface area contributed by atoms with Crippen LogP contribution in [0.2, 0.25) is 0 Å². The Labute approximate surface area is 212 Å². The number of piperidine rings is 1. The highest BCUT2D eigenvalue weighted by molar-refractivity contribution is 6.07. The van der Waals surface area contributed by atoms with Gasteiger partial charge in [0.2, 0.25) is 11.8 Å². The second-order valence-corrected chi connectivity index (χ2v) is 9.54. The van der Waals surface area contributed by atoms with E-state index in [1.807, 2.05) is 24.3 Å². The molecular formula is C27H26N8O2. The van der Waals surface area contributed by atoms with Crippen LogP contribution in [0, 0.1) is 5.92 Å². The van der Waals surface area contributed by atoms with Crippen molar-refractivity contribution in [1.82, 2.24) is 30.0 Å².